The van der Waals surface area contributed by atoms with Gasteiger partial charge in [0.15, 0.2) is 6.10 Å². The molecule has 19 heavy (non-hydrogen) atoms. The highest BCUT2D eigenvalue weighted by atomic mass is 79.9. The largest absolute Gasteiger partial charge is 0.479 e. The Balaban J connectivity index is 2.02. The summed E-state index contributed by atoms with van der Waals surface area (Å²) < 4.78 is 5.86. The van der Waals surface area contributed by atoms with E-state index in [4.69, 9.17) is 21.4 Å². The first-order valence-electron chi connectivity index (χ1n) is 5.61. The molecule has 1 aliphatic heterocycles. The van der Waals surface area contributed by atoms with Crippen molar-refractivity contribution in [3.8, 4) is 0 Å². The number of hydrogen-bond acceptors (Lipinski definition) is 3. The van der Waals surface area contributed by atoms with Crippen LogP contribution in [0.2, 0.25) is 5.02 Å². The third-order valence-corrected chi connectivity index (χ3v) is 3.70. The number of benzene rings is 1. The number of carboxylic acids is 1. The molecule has 1 aromatic carbocycles. The van der Waals surface area contributed by atoms with Crippen molar-refractivity contribution in [2.45, 2.75) is 25.0 Å². The molecule has 0 bridgehead atoms. The van der Waals surface area contributed by atoms with Crippen molar-refractivity contribution in [3.63, 3.8) is 0 Å². The van der Waals surface area contributed by atoms with Crippen LogP contribution in [0, 0.1) is 0 Å². The summed E-state index contributed by atoms with van der Waals surface area (Å²) in [4.78, 5) is 22.7. The van der Waals surface area contributed by atoms with Crippen molar-refractivity contribution in [3.05, 3.63) is 27.7 Å². The van der Waals surface area contributed by atoms with E-state index in [0.717, 1.165) is 0 Å². The summed E-state index contributed by atoms with van der Waals surface area (Å²) in [6.07, 6.45) is -0.920. The molecular formula is C12H11BrClNO4. The third kappa shape index (κ3) is 3.46. The van der Waals surface area contributed by atoms with Crippen molar-refractivity contribution in [2.75, 3.05) is 5.32 Å². The average Bonchev–Trinajstić information content (AvgIpc) is 2.83. The maximum absolute atomic E-state index is 12.0. The number of amides is 1. The number of hydrogen-bond donors (Lipinski definition) is 2. The number of carboxylic acid groups (broad SMARTS) is 1. The van der Waals surface area contributed by atoms with Crippen molar-refractivity contribution in [2.24, 2.45) is 0 Å². The molecule has 7 heteroatoms. The lowest BCUT2D eigenvalue weighted by Gasteiger charge is -2.13. The van der Waals surface area contributed by atoms with Crippen LogP contribution in [-0.2, 0) is 14.3 Å². The molecule has 2 atom stereocenters. The molecule has 1 aliphatic rings. The van der Waals surface area contributed by atoms with E-state index in [1.807, 2.05) is 0 Å². The van der Waals surface area contributed by atoms with Gasteiger partial charge in [0.1, 0.15) is 6.10 Å². The monoisotopic (exact) mass is 347 g/mol. The number of anilines is 1. The molecule has 2 rings (SSSR count). The molecular weight excluding hydrogens is 337 g/mol. The van der Waals surface area contributed by atoms with Gasteiger partial charge in [0, 0.05) is 9.50 Å². The normalized spacial score (nSPS) is 22.2. The summed E-state index contributed by atoms with van der Waals surface area (Å²) >= 11 is 9.14. The van der Waals surface area contributed by atoms with Crippen LogP contribution >= 0.6 is 27.5 Å². The number of nitrogens with one attached hydrogen (secondary N) is 1. The summed E-state index contributed by atoms with van der Waals surface area (Å²) in [5.74, 6) is -1.41. The van der Waals surface area contributed by atoms with E-state index in [1.165, 1.54) is 0 Å². The van der Waals surface area contributed by atoms with E-state index < -0.39 is 18.2 Å². The van der Waals surface area contributed by atoms with E-state index in [9.17, 15) is 9.59 Å². The fourth-order valence-corrected chi connectivity index (χ4v) is 2.34. The Kier molecular flexibility index (Phi) is 4.44. The second-order valence-corrected chi connectivity index (χ2v) is 5.43. The Morgan fingerprint density at radius 2 is 2.05 bits per heavy atom. The highest BCUT2D eigenvalue weighted by Crippen LogP contribution is 2.27. The molecule has 0 spiro atoms. The molecule has 1 aromatic rings. The zero-order chi connectivity index (χ0) is 14.0. The fraction of sp³-hybridized carbons (Fsp3) is 0.333. The average molecular weight is 349 g/mol. The first-order valence-corrected chi connectivity index (χ1v) is 6.78. The molecule has 1 saturated heterocycles. The minimum atomic E-state index is -1.04. The van der Waals surface area contributed by atoms with E-state index in [2.05, 4.69) is 21.2 Å². The summed E-state index contributed by atoms with van der Waals surface area (Å²) in [6, 6.07) is 5.01. The van der Waals surface area contributed by atoms with Crippen LogP contribution in [0.25, 0.3) is 0 Å². The topological polar surface area (TPSA) is 75.6 Å². The van der Waals surface area contributed by atoms with Gasteiger partial charge in [-0.3, -0.25) is 4.79 Å². The van der Waals surface area contributed by atoms with E-state index in [-0.39, 0.29) is 5.91 Å². The van der Waals surface area contributed by atoms with Crippen molar-refractivity contribution >= 4 is 45.1 Å². The Labute approximate surface area is 123 Å². The molecule has 0 saturated carbocycles. The van der Waals surface area contributed by atoms with Gasteiger partial charge in [-0.2, -0.15) is 0 Å². The summed E-state index contributed by atoms with van der Waals surface area (Å²) in [6.45, 7) is 0. The maximum atomic E-state index is 12.0. The Morgan fingerprint density at radius 3 is 2.68 bits per heavy atom. The van der Waals surface area contributed by atoms with Crippen LogP contribution in [0.15, 0.2) is 22.7 Å². The van der Waals surface area contributed by atoms with Crippen LogP contribution in [0.3, 0.4) is 0 Å². The minimum absolute atomic E-state index is 0.337. The van der Waals surface area contributed by atoms with Gasteiger partial charge in [-0.25, -0.2) is 4.79 Å². The van der Waals surface area contributed by atoms with E-state index >= 15 is 0 Å². The Bertz CT molecular complexity index is 522. The Morgan fingerprint density at radius 1 is 1.37 bits per heavy atom. The highest BCUT2D eigenvalue weighted by Gasteiger charge is 2.34. The van der Waals surface area contributed by atoms with Crippen molar-refractivity contribution in [1.29, 1.82) is 0 Å². The predicted molar refractivity (Wildman–Crippen MR) is 73.3 cm³/mol. The lowest BCUT2D eigenvalue weighted by molar-refractivity contribution is -0.150. The van der Waals surface area contributed by atoms with Crippen molar-refractivity contribution < 1.29 is 19.4 Å². The number of aliphatic carboxylic acids is 1. The molecule has 1 fully saturated rings. The fourth-order valence-electron chi connectivity index (χ4n) is 1.82. The van der Waals surface area contributed by atoms with E-state index in [1.54, 1.807) is 18.2 Å². The van der Waals surface area contributed by atoms with Gasteiger partial charge in [0.2, 0.25) is 0 Å². The zero-order valence-corrected chi connectivity index (χ0v) is 12.1. The van der Waals surface area contributed by atoms with Gasteiger partial charge in [-0.1, -0.05) is 11.6 Å². The smallest absolute Gasteiger partial charge is 0.332 e. The SMILES string of the molecule is O=C(O)C1CCC(C(=O)Nc2cc(Cl)ccc2Br)O1. The third-order valence-electron chi connectivity index (χ3n) is 2.77. The minimum Gasteiger partial charge on any atom is -0.479 e. The number of ether oxygens (including phenoxy) is 1. The van der Waals surface area contributed by atoms with Crippen LogP contribution in [0.1, 0.15) is 12.8 Å². The van der Waals surface area contributed by atoms with Crippen molar-refractivity contribution in [1.82, 2.24) is 0 Å². The lowest BCUT2D eigenvalue weighted by Crippen LogP contribution is -2.30. The Hall–Kier alpha value is -1.11. The van der Waals surface area contributed by atoms with Gasteiger partial charge in [0.25, 0.3) is 5.91 Å². The van der Waals surface area contributed by atoms with Gasteiger partial charge in [-0.05, 0) is 47.0 Å². The van der Waals surface area contributed by atoms with Gasteiger partial charge in [0.05, 0.1) is 5.69 Å². The standard InChI is InChI=1S/C12H11BrClNO4/c13-7-2-1-6(14)5-8(7)15-11(16)9-3-4-10(19-9)12(17)18/h1-2,5,9-10H,3-4H2,(H,15,16)(H,17,18). The van der Waals surface area contributed by atoms with Crippen LogP contribution in [-0.4, -0.2) is 29.2 Å². The molecule has 102 valence electrons. The van der Waals surface area contributed by atoms with Gasteiger partial charge >= 0.3 is 5.97 Å². The number of halogens is 2. The second-order valence-electron chi connectivity index (χ2n) is 4.14. The summed E-state index contributed by atoms with van der Waals surface area (Å²) in [5.41, 5.74) is 0.528. The number of carbonyl (C=O) groups excluding carboxylic acids is 1. The molecule has 2 N–H and O–H groups in total. The van der Waals surface area contributed by atoms with E-state index in [0.29, 0.717) is 28.0 Å². The summed E-state index contributed by atoms with van der Waals surface area (Å²) in [5, 5.41) is 12.0. The first-order chi connectivity index (χ1) is 8.97. The molecule has 0 aliphatic carbocycles. The number of rotatable bonds is 3. The second kappa shape index (κ2) is 5.90. The molecule has 0 radical (unpaired) electrons. The van der Waals surface area contributed by atoms with Gasteiger partial charge < -0.3 is 15.2 Å². The summed E-state index contributed by atoms with van der Waals surface area (Å²) in [7, 11) is 0. The predicted octanol–water partition coefficient (Wildman–Crippen LogP) is 2.67. The first kappa shape index (κ1) is 14.3. The van der Waals surface area contributed by atoms with Crippen LogP contribution < -0.4 is 5.32 Å². The molecule has 5 nitrogen and oxygen atoms in total. The van der Waals surface area contributed by atoms with Gasteiger partial charge in [-0.15, -0.1) is 0 Å². The molecule has 0 aromatic heterocycles. The zero-order valence-electron chi connectivity index (χ0n) is 9.73. The quantitative estimate of drug-likeness (QED) is 0.880. The number of carbonyl (C=O) groups is 2. The van der Waals surface area contributed by atoms with Crippen LogP contribution in [0.4, 0.5) is 5.69 Å². The lowest BCUT2D eigenvalue weighted by atomic mass is 10.2. The molecule has 1 amide bonds. The highest BCUT2D eigenvalue weighted by molar-refractivity contribution is 9.10. The molecule has 1 heterocycles. The maximum Gasteiger partial charge on any atom is 0.332 e. The molecule has 2 unspecified atom stereocenters. The van der Waals surface area contributed by atoms with Crippen LogP contribution in [0.5, 0.6) is 0 Å².